The fraction of sp³-hybridized carbons (Fsp3) is 0.0909. The zero-order valence-electron chi connectivity index (χ0n) is 8.51. The maximum Gasteiger partial charge on any atom is 0.138 e. The summed E-state index contributed by atoms with van der Waals surface area (Å²) < 4.78 is 15.2. The first-order valence-corrected chi connectivity index (χ1v) is 5.37. The van der Waals surface area contributed by atoms with Crippen LogP contribution in [0.15, 0.2) is 40.4 Å². The number of nitriles is 1. The van der Waals surface area contributed by atoms with Crippen LogP contribution in [0.25, 0.3) is 0 Å². The lowest BCUT2D eigenvalue weighted by atomic mass is 10.2. The summed E-state index contributed by atoms with van der Waals surface area (Å²) in [6, 6.07) is 6.33. The Bertz CT molecular complexity index is 557. The van der Waals surface area contributed by atoms with E-state index in [0.717, 1.165) is 4.90 Å². The molecular formula is C11H8FN3S. The van der Waals surface area contributed by atoms with Gasteiger partial charge in [0.2, 0.25) is 0 Å². The first-order chi connectivity index (χ1) is 7.69. The second kappa shape index (κ2) is 4.37. The van der Waals surface area contributed by atoms with Crippen LogP contribution in [0, 0.1) is 17.1 Å². The van der Waals surface area contributed by atoms with E-state index in [-0.39, 0.29) is 5.82 Å². The van der Waals surface area contributed by atoms with Crippen molar-refractivity contribution >= 4 is 11.8 Å². The van der Waals surface area contributed by atoms with E-state index in [2.05, 4.69) is 5.10 Å². The predicted molar refractivity (Wildman–Crippen MR) is 58.4 cm³/mol. The summed E-state index contributed by atoms with van der Waals surface area (Å²) >= 11 is 1.29. The third-order valence-electron chi connectivity index (χ3n) is 1.97. The van der Waals surface area contributed by atoms with Crippen molar-refractivity contribution in [2.24, 2.45) is 7.05 Å². The SMILES string of the molecule is Cn1cc(Sc2ccc(C#N)cc2F)cn1. The molecule has 0 atom stereocenters. The van der Waals surface area contributed by atoms with Crippen LogP contribution in [-0.2, 0) is 7.05 Å². The van der Waals surface area contributed by atoms with E-state index in [1.165, 1.54) is 17.8 Å². The van der Waals surface area contributed by atoms with Crippen LogP contribution in [-0.4, -0.2) is 9.78 Å². The summed E-state index contributed by atoms with van der Waals surface area (Å²) in [6.07, 6.45) is 3.48. The van der Waals surface area contributed by atoms with Crippen LogP contribution < -0.4 is 0 Å². The van der Waals surface area contributed by atoms with Crippen molar-refractivity contribution in [3.63, 3.8) is 0 Å². The van der Waals surface area contributed by atoms with Crippen molar-refractivity contribution in [2.75, 3.05) is 0 Å². The van der Waals surface area contributed by atoms with Crippen LogP contribution in [0.5, 0.6) is 0 Å². The highest BCUT2D eigenvalue weighted by Gasteiger charge is 2.06. The van der Waals surface area contributed by atoms with Crippen molar-refractivity contribution in [1.82, 2.24) is 9.78 Å². The topological polar surface area (TPSA) is 41.6 Å². The molecule has 1 aromatic carbocycles. The molecule has 0 fully saturated rings. The zero-order valence-corrected chi connectivity index (χ0v) is 9.33. The quantitative estimate of drug-likeness (QED) is 0.800. The van der Waals surface area contributed by atoms with Crippen LogP contribution in [0.2, 0.25) is 0 Å². The molecule has 3 nitrogen and oxygen atoms in total. The molecule has 0 radical (unpaired) electrons. The summed E-state index contributed by atoms with van der Waals surface area (Å²) in [7, 11) is 1.80. The van der Waals surface area contributed by atoms with Gasteiger partial charge in [0.1, 0.15) is 5.82 Å². The van der Waals surface area contributed by atoms with Gasteiger partial charge in [-0.05, 0) is 18.2 Å². The number of aromatic nitrogens is 2. The Hall–Kier alpha value is -1.80. The van der Waals surface area contributed by atoms with Gasteiger partial charge >= 0.3 is 0 Å². The number of hydrogen-bond donors (Lipinski definition) is 0. The molecule has 0 bridgehead atoms. The third kappa shape index (κ3) is 2.23. The van der Waals surface area contributed by atoms with Crippen LogP contribution in [0.4, 0.5) is 4.39 Å². The molecule has 0 saturated carbocycles. The summed E-state index contributed by atoms with van der Waals surface area (Å²) in [5.41, 5.74) is 0.327. The van der Waals surface area contributed by atoms with Crippen molar-refractivity contribution in [3.05, 3.63) is 42.0 Å². The third-order valence-corrected chi connectivity index (χ3v) is 2.97. The van der Waals surface area contributed by atoms with Crippen molar-refractivity contribution in [1.29, 1.82) is 5.26 Å². The monoisotopic (exact) mass is 233 g/mol. The molecule has 1 heterocycles. The Morgan fingerprint density at radius 3 is 2.88 bits per heavy atom. The maximum atomic E-state index is 13.5. The molecule has 2 rings (SSSR count). The normalized spacial score (nSPS) is 10.1. The minimum Gasteiger partial charge on any atom is -0.275 e. The largest absolute Gasteiger partial charge is 0.275 e. The minimum atomic E-state index is -0.382. The van der Waals surface area contributed by atoms with Crippen molar-refractivity contribution in [3.8, 4) is 6.07 Å². The van der Waals surface area contributed by atoms with Crippen LogP contribution >= 0.6 is 11.8 Å². The molecule has 0 aliphatic rings. The van der Waals surface area contributed by atoms with Crippen LogP contribution in [0.3, 0.4) is 0 Å². The summed E-state index contributed by atoms with van der Waals surface area (Å²) in [4.78, 5) is 1.36. The van der Waals surface area contributed by atoms with Crippen molar-refractivity contribution in [2.45, 2.75) is 9.79 Å². The van der Waals surface area contributed by atoms with Crippen LogP contribution in [0.1, 0.15) is 5.56 Å². The van der Waals surface area contributed by atoms with Gasteiger partial charge in [-0.3, -0.25) is 4.68 Å². The lowest BCUT2D eigenvalue weighted by Gasteiger charge is -2.00. The average Bonchev–Trinajstić information content (AvgIpc) is 2.67. The van der Waals surface area contributed by atoms with Gasteiger partial charge in [0.15, 0.2) is 0 Å². The lowest BCUT2D eigenvalue weighted by molar-refractivity contribution is 0.601. The number of nitrogens with zero attached hydrogens (tertiary/aromatic N) is 3. The van der Waals surface area contributed by atoms with Gasteiger partial charge in [0.25, 0.3) is 0 Å². The number of halogens is 1. The Balaban J connectivity index is 2.26. The molecule has 0 aliphatic carbocycles. The Labute approximate surface area is 96.5 Å². The molecule has 5 heteroatoms. The molecule has 80 valence electrons. The lowest BCUT2D eigenvalue weighted by Crippen LogP contribution is -1.84. The van der Waals surface area contributed by atoms with E-state index < -0.39 is 0 Å². The average molecular weight is 233 g/mol. The molecule has 16 heavy (non-hydrogen) atoms. The second-order valence-corrected chi connectivity index (χ2v) is 4.32. The van der Waals surface area contributed by atoms with Gasteiger partial charge in [-0.15, -0.1) is 0 Å². The fourth-order valence-electron chi connectivity index (χ4n) is 1.23. The highest BCUT2D eigenvalue weighted by molar-refractivity contribution is 7.99. The molecule has 0 spiro atoms. The highest BCUT2D eigenvalue weighted by atomic mass is 32.2. The Morgan fingerprint density at radius 1 is 1.50 bits per heavy atom. The van der Waals surface area contributed by atoms with E-state index >= 15 is 0 Å². The van der Waals surface area contributed by atoms with E-state index in [9.17, 15) is 4.39 Å². The molecule has 0 aliphatic heterocycles. The number of aryl methyl sites for hydroxylation is 1. The molecule has 0 unspecified atom stereocenters. The molecule has 0 saturated heterocycles. The van der Waals surface area contributed by atoms with Gasteiger partial charge in [0, 0.05) is 18.1 Å². The standard InChI is InChI=1S/C11H8FN3S/c1-15-7-9(6-14-15)16-11-3-2-8(5-13)4-10(11)12/h2-4,6-7H,1H3. The van der Waals surface area contributed by atoms with Gasteiger partial charge in [-0.2, -0.15) is 10.4 Å². The molecule has 0 N–H and O–H groups in total. The second-order valence-electron chi connectivity index (χ2n) is 3.21. The van der Waals surface area contributed by atoms with Crippen molar-refractivity contribution < 1.29 is 4.39 Å². The smallest absolute Gasteiger partial charge is 0.138 e. The molecule has 1 aromatic heterocycles. The summed E-state index contributed by atoms with van der Waals surface area (Å²) in [5, 5.41) is 12.6. The van der Waals surface area contributed by atoms with E-state index in [0.29, 0.717) is 10.5 Å². The summed E-state index contributed by atoms with van der Waals surface area (Å²) in [5.74, 6) is -0.382. The first kappa shape index (κ1) is 10.7. The Kier molecular flexibility index (Phi) is 2.93. The van der Waals surface area contributed by atoms with Gasteiger partial charge in [-0.1, -0.05) is 11.8 Å². The van der Waals surface area contributed by atoms with E-state index in [1.807, 2.05) is 12.3 Å². The molecule has 2 aromatic rings. The number of hydrogen-bond acceptors (Lipinski definition) is 3. The summed E-state index contributed by atoms with van der Waals surface area (Å²) in [6.45, 7) is 0. The minimum absolute atomic E-state index is 0.327. The fourth-order valence-corrected chi connectivity index (χ4v) is 2.08. The van der Waals surface area contributed by atoms with Gasteiger partial charge in [-0.25, -0.2) is 4.39 Å². The molecular weight excluding hydrogens is 225 g/mol. The zero-order chi connectivity index (χ0) is 11.5. The number of rotatable bonds is 2. The number of benzene rings is 1. The predicted octanol–water partition coefficient (Wildman–Crippen LogP) is 2.58. The first-order valence-electron chi connectivity index (χ1n) is 4.55. The van der Waals surface area contributed by atoms with Gasteiger partial charge in [0.05, 0.1) is 22.7 Å². The molecule has 0 amide bonds. The van der Waals surface area contributed by atoms with Gasteiger partial charge < -0.3 is 0 Å². The Morgan fingerprint density at radius 2 is 2.31 bits per heavy atom. The highest BCUT2D eigenvalue weighted by Crippen LogP contribution is 2.29. The maximum absolute atomic E-state index is 13.5. The van der Waals surface area contributed by atoms with E-state index in [1.54, 1.807) is 30.1 Å². The van der Waals surface area contributed by atoms with E-state index in [4.69, 9.17) is 5.26 Å².